The highest BCUT2D eigenvalue weighted by Gasteiger charge is 2.33. The average molecular weight is 462 g/mol. The smallest absolute Gasteiger partial charge is 0.317 e. The number of urea groups is 1. The Balaban J connectivity index is 1.51. The zero-order chi connectivity index (χ0) is 24.1. The molecular weight excluding hydrogens is 426 g/mol. The molecule has 0 spiro atoms. The van der Waals surface area contributed by atoms with Crippen molar-refractivity contribution in [2.45, 2.75) is 58.8 Å². The van der Waals surface area contributed by atoms with Crippen LogP contribution in [-0.2, 0) is 13.1 Å². The third-order valence-corrected chi connectivity index (χ3v) is 6.67. The first kappa shape index (κ1) is 24.0. The Morgan fingerprint density at radius 3 is 2.53 bits per heavy atom. The van der Waals surface area contributed by atoms with Crippen LogP contribution in [0.1, 0.15) is 51.0 Å². The van der Waals surface area contributed by atoms with Crippen LogP contribution in [0.4, 0.5) is 4.79 Å². The second-order valence-electron chi connectivity index (χ2n) is 9.05. The highest BCUT2D eigenvalue weighted by Crippen LogP contribution is 2.26. The topological polar surface area (TPSA) is 70.5 Å². The number of nitrogens with one attached hydrogen (secondary N) is 1. The van der Waals surface area contributed by atoms with Gasteiger partial charge in [-0.1, -0.05) is 56.3 Å². The minimum absolute atomic E-state index is 0.0286. The van der Waals surface area contributed by atoms with Crippen molar-refractivity contribution in [3.05, 3.63) is 76.3 Å². The van der Waals surface area contributed by atoms with Crippen molar-refractivity contribution in [3.63, 3.8) is 0 Å². The molecule has 2 amide bonds. The summed E-state index contributed by atoms with van der Waals surface area (Å²) in [5.41, 5.74) is 1.87. The van der Waals surface area contributed by atoms with Gasteiger partial charge in [0.25, 0.3) is 5.56 Å². The molecule has 34 heavy (non-hydrogen) atoms. The van der Waals surface area contributed by atoms with Crippen LogP contribution in [0, 0.1) is 0 Å². The zero-order valence-corrected chi connectivity index (χ0v) is 20.4. The van der Waals surface area contributed by atoms with Gasteiger partial charge in [0.05, 0.1) is 16.9 Å². The number of benzene rings is 2. The molecular formula is C27H35N5O2. The molecule has 3 aromatic rings. The molecule has 1 fully saturated rings. The number of carbonyl (C=O) groups is 1. The molecule has 0 radical (unpaired) electrons. The van der Waals surface area contributed by atoms with Gasteiger partial charge in [0.15, 0.2) is 0 Å². The van der Waals surface area contributed by atoms with E-state index in [1.54, 1.807) is 0 Å². The summed E-state index contributed by atoms with van der Waals surface area (Å²) < 4.78 is 1.86. The van der Waals surface area contributed by atoms with Crippen molar-refractivity contribution < 1.29 is 4.79 Å². The normalized spacial score (nSPS) is 17.6. The lowest BCUT2D eigenvalue weighted by molar-refractivity contribution is 0.0673. The molecule has 2 atom stereocenters. The number of nitrogens with zero attached hydrogens (tertiary/aromatic N) is 4. The van der Waals surface area contributed by atoms with Crippen LogP contribution < -0.4 is 10.9 Å². The van der Waals surface area contributed by atoms with Crippen molar-refractivity contribution in [2.24, 2.45) is 0 Å². The third-order valence-electron chi connectivity index (χ3n) is 6.67. The molecule has 1 N–H and O–H groups in total. The van der Waals surface area contributed by atoms with Gasteiger partial charge in [-0.2, -0.15) is 0 Å². The van der Waals surface area contributed by atoms with Crippen LogP contribution in [0.25, 0.3) is 10.9 Å². The maximum Gasteiger partial charge on any atom is 0.317 e. The Labute approximate surface area is 201 Å². The van der Waals surface area contributed by atoms with E-state index in [-0.39, 0.29) is 23.7 Å². The SMILES string of the molecule is CCCn1c(C(CC)N2CCN(C(=O)NCc3ccccc3)C(C)C2)nc2ccccc2c1=O. The average Bonchev–Trinajstić information content (AvgIpc) is 2.86. The molecule has 1 aliphatic rings. The second kappa shape index (κ2) is 10.8. The maximum absolute atomic E-state index is 13.3. The highest BCUT2D eigenvalue weighted by molar-refractivity contribution is 5.77. The van der Waals surface area contributed by atoms with Gasteiger partial charge in [0.1, 0.15) is 5.82 Å². The van der Waals surface area contributed by atoms with Crippen LogP contribution in [0.2, 0.25) is 0 Å². The van der Waals surface area contributed by atoms with E-state index < -0.39 is 0 Å². The van der Waals surface area contributed by atoms with E-state index in [4.69, 9.17) is 4.98 Å². The van der Waals surface area contributed by atoms with Gasteiger partial charge in [0.2, 0.25) is 0 Å². The molecule has 0 aliphatic carbocycles. The standard InChI is InChI=1S/C27H35N5O2/c1-4-15-32-25(29-23-14-10-9-13-22(23)26(32)33)24(5-2)30-16-17-31(20(3)19-30)27(34)28-18-21-11-7-6-8-12-21/h6-14,20,24H,4-5,15-19H2,1-3H3,(H,28,34). The number of aromatic nitrogens is 2. The van der Waals surface area contributed by atoms with E-state index in [1.807, 2.05) is 64.1 Å². The van der Waals surface area contributed by atoms with E-state index in [2.05, 4.69) is 31.0 Å². The van der Waals surface area contributed by atoms with E-state index in [9.17, 15) is 9.59 Å². The Morgan fingerprint density at radius 2 is 1.82 bits per heavy atom. The summed E-state index contributed by atoms with van der Waals surface area (Å²) in [5, 5.41) is 3.72. The Morgan fingerprint density at radius 1 is 1.09 bits per heavy atom. The quantitative estimate of drug-likeness (QED) is 0.573. The Bertz CT molecular complexity index is 1180. The van der Waals surface area contributed by atoms with Crippen LogP contribution in [-0.4, -0.2) is 51.1 Å². The van der Waals surface area contributed by atoms with Gasteiger partial charge in [-0.15, -0.1) is 0 Å². The number of para-hydroxylation sites is 1. The van der Waals surface area contributed by atoms with Crippen LogP contribution in [0.15, 0.2) is 59.4 Å². The third kappa shape index (κ3) is 4.99. The van der Waals surface area contributed by atoms with Crippen LogP contribution >= 0.6 is 0 Å². The minimum atomic E-state index is -0.0317. The van der Waals surface area contributed by atoms with Gasteiger partial charge in [-0.3, -0.25) is 14.3 Å². The minimum Gasteiger partial charge on any atom is -0.334 e. The summed E-state index contributed by atoms with van der Waals surface area (Å²) in [6.45, 7) is 9.63. The fraction of sp³-hybridized carbons (Fsp3) is 0.444. The van der Waals surface area contributed by atoms with Crippen LogP contribution in [0.3, 0.4) is 0 Å². The Kier molecular flexibility index (Phi) is 7.63. The Hall–Kier alpha value is -3.19. The number of hydrogen-bond acceptors (Lipinski definition) is 4. The number of carbonyl (C=O) groups excluding carboxylic acids is 1. The summed E-state index contributed by atoms with van der Waals surface area (Å²) in [6.07, 6.45) is 1.72. The molecule has 4 rings (SSSR count). The lowest BCUT2D eigenvalue weighted by atomic mass is 10.1. The molecule has 0 saturated carbocycles. The summed E-state index contributed by atoms with van der Waals surface area (Å²) in [5.74, 6) is 0.835. The zero-order valence-electron chi connectivity index (χ0n) is 20.4. The van der Waals surface area contributed by atoms with Crippen molar-refractivity contribution in [1.29, 1.82) is 0 Å². The molecule has 2 aromatic carbocycles. The molecule has 2 unspecified atom stereocenters. The number of fused-ring (bicyclic) bond motifs is 1. The van der Waals surface area contributed by atoms with E-state index in [0.29, 0.717) is 25.0 Å². The number of hydrogen-bond donors (Lipinski definition) is 1. The van der Waals surface area contributed by atoms with Gasteiger partial charge >= 0.3 is 6.03 Å². The number of rotatable bonds is 7. The first-order valence-corrected chi connectivity index (χ1v) is 12.3. The summed E-state index contributed by atoms with van der Waals surface area (Å²) in [6, 6.07) is 17.6. The molecule has 1 aliphatic heterocycles. The molecule has 7 nitrogen and oxygen atoms in total. The largest absolute Gasteiger partial charge is 0.334 e. The lowest BCUT2D eigenvalue weighted by Crippen LogP contribution is -2.57. The fourth-order valence-electron chi connectivity index (χ4n) is 4.93. The number of amides is 2. The van der Waals surface area contributed by atoms with Gasteiger partial charge in [-0.05, 0) is 37.5 Å². The summed E-state index contributed by atoms with van der Waals surface area (Å²) in [7, 11) is 0. The molecule has 0 bridgehead atoms. The van der Waals surface area contributed by atoms with Crippen LogP contribution in [0.5, 0.6) is 0 Å². The number of piperazine rings is 1. The van der Waals surface area contributed by atoms with E-state index in [1.165, 1.54) is 0 Å². The van der Waals surface area contributed by atoms with Crippen molar-refractivity contribution in [1.82, 2.24) is 24.7 Å². The van der Waals surface area contributed by atoms with Crippen molar-refractivity contribution in [3.8, 4) is 0 Å². The van der Waals surface area contributed by atoms with E-state index >= 15 is 0 Å². The van der Waals surface area contributed by atoms with Crippen molar-refractivity contribution >= 4 is 16.9 Å². The molecule has 180 valence electrons. The highest BCUT2D eigenvalue weighted by atomic mass is 16.2. The monoisotopic (exact) mass is 461 g/mol. The first-order chi connectivity index (χ1) is 16.5. The maximum atomic E-state index is 13.3. The van der Waals surface area contributed by atoms with Gasteiger partial charge < -0.3 is 10.2 Å². The first-order valence-electron chi connectivity index (χ1n) is 12.3. The molecule has 2 heterocycles. The second-order valence-corrected chi connectivity index (χ2v) is 9.05. The van der Waals surface area contributed by atoms with Gasteiger partial charge in [0, 0.05) is 38.8 Å². The fourth-order valence-corrected chi connectivity index (χ4v) is 4.93. The van der Waals surface area contributed by atoms with Crippen molar-refractivity contribution in [2.75, 3.05) is 19.6 Å². The van der Waals surface area contributed by atoms with E-state index in [0.717, 1.165) is 42.8 Å². The summed E-state index contributed by atoms with van der Waals surface area (Å²) in [4.78, 5) is 35.4. The summed E-state index contributed by atoms with van der Waals surface area (Å²) >= 11 is 0. The molecule has 1 aromatic heterocycles. The molecule has 1 saturated heterocycles. The van der Waals surface area contributed by atoms with Gasteiger partial charge in [-0.25, -0.2) is 9.78 Å². The predicted octanol–water partition coefficient (Wildman–Crippen LogP) is 4.17. The predicted molar refractivity (Wildman–Crippen MR) is 136 cm³/mol. The molecule has 7 heteroatoms. The lowest BCUT2D eigenvalue weighted by Gasteiger charge is -2.43.